The van der Waals surface area contributed by atoms with E-state index in [2.05, 4.69) is 0 Å². The lowest BCUT2D eigenvalue weighted by Gasteiger charge is -2.44. The van der Waals surface area contributed by atoms with Crippen molar-refractivity contribution in [2.24, 2.45) is 5.73 Å². The normalized spacial score (nSPS) is 27.8. The second-order valence-corrected chi connectivity index (χ2v) is 5.68. The van der Waals surface area contributed by atoms with Crippen molar-refractivity contribution in [1.29, 1.82) is 0 Å². The van der Waals surface area contributed by atoms with Crippen molar-refractivity contribution >= 4 is 5.91 Å². The molecule has 20 heavy (non-hydrogen) atoms. The Morgan fingerprint density at radius 1 is 1.25 bits per heavy atom. The molecule has 1 saturated heterocycles. The smallest absolute Gasteiger partial charge is 0.244 e. The van der Waals surface area contributed by atoms with E-state index in [0.29, 0.717) is 13.2 Å². The first-order valence-corrected chi connectivity index (χ1v) is 7.50. The maximum absolute atomic E-state index is 12.7. The molecule has 2 unspecified atom stereocenters. The predicted molar refractivity (Wildman–Crippen MR) is 77.1 cm³/mol. The second kappa shape index (κ2) is 5.94. The largest absolute Gasteiger partial charge is 0.374 e. The SMILES string of the molecule is N[C@@H](C(=O)N1CCOC2CCCCC21)c1ccccc1. The average Bonchev–Trinajstić information content (AvgIpc) is 2.54. The van der Waals surface area contributed by atoms with E-state index in [-0.39, 0.29) is 18.1 Å². The van der Waals surface area contributed by atoms with E-state index in [1.807, 2.05) is 35.2 Å². The topological polar surface area (TPSA) is 55.6 Å². The molecule has 4 nitrogen and oxygen atoms in total. The van der Waals surface area contributed by atoms with Crippen LogP contribution in [-0.4, -0.2) is 36.1 Å². The van der Waals surface area contributed by atoms with E-state index in [1.165, 1.54) is 12.8 Å². The minimum atomic E-state index is -0.558. The highest BCUT2D eigenvalue weighted by atomic mass is 16.5. The van der Waals surface area contributed by atoms with Gasteiger partial charge in [-0.1, -0.05) is 43.2 Å². The molecule has 2 N–H and O–H groups in total. The Bertz CT molecular complexity index is 461. The molecule has 1 aliphatic carbocycles. The van der Waals surface area contributed by atoms with Gasteiger partial charge in [-0.15, -0.1) is 0 Å². The summed E-state index contributed by atoms with van der Waals surface area (Å²) in [4.78, 5) is 14.7. The Hall–Kier alpha value is -1.39. The molecule has 1 aliphatic heterocycles. The van der Waals surface area contributed by atoms with Gasteiger partial charge in [0.05, 0.1) is 18.8 Å². The lowest BCUT2D eigenvalue weighted by Crippen LogP contribution is -2.56. The van der Waals surface area contributed by atoms with Gasteiger partial charge in [0.25, 0.3) is 0 Å². The number of carbonyl (C=O) groups excluding carboxylic acids is 1. The molecule has 1 aromatic rings. The Kier molecular flexibility index (Phi) is 4.03. The number of morpholine rings is 1. The van der Waals surface area contributed by atoms with Crippen LogP contribution in [0.25, 0.3) is 0 Å². The number of benzene rings is 1. The van der Waals surface area contributed by atoms with E-state index in [4.69, 9.17) is 10.5 Å². The zero-order valence-corrected chi connectivity index (χ0v) is 11.7. The molecule has 2 aliphatic rings. The summed E-state index contributed by atoms with van der Waals surface area (Å²) in [5.41, 5.74) is 7.04. The summed E-state index contributed by atoms with van der Waals surface area (Å²) >= 11 is 0. The monoisotopic (exact) mass is 274 g/mol. The number of rotatable bonds is 2. The van der Waals surface area contributed by atoms with Crippen molar-refractivity contribution < 1.29 is 9.53 Å². The highest BCUT2D eigenvalue weighted by molar-refractivity contribution is 5.83. The van der Waals surface area contributed by atoms with Gasteiger partial charge in [-0.25, -0.2) is 0 Å². The third-order valence-electron chi connectivity index (χ3n) is 4.44. The maximum atomic E-state index is 12.7. The average molecular weight is 274 g/mol. The first-order valence-electron chi connectivity index (χ1n) is 7.50. The van der Waals surface area contributed by atoms with Crippen molar-refractivity contribution in [2.75, 3.05) is 13.2 Å². The minimum absolute atomic E-state index is 0.0383. The lowest BCUT2D eigenvalue weighted by atomic mass is 9.89. The summed E-state index contributed by atoms with van der Waals surface area (Å²) in [5, 5.41) is 0. The summed E-state index contributed by atoms with van der Waals surface area (Å²) in [6.07, 6.45) is 4.69. The summed E-state index contributed by atoms with van der Waals surface area (Å²) in [7, 11) is 0. The van der Waals surface area contributed by atoms with Crippen LogP contribution in [0.5, 0.6) is 0 Å². The van der Waals surface area contributed by atoms with Gasteiger partial charge < -0.3 is 15.4 Å². The van der Waals surface area contributed by atoms with Crippen molar-refractivity contribution in [3.63, 3.8) is 0 Å². The van der Waals surface area contributed by atoms with Gasteiger partial charge >= 0.3 is 0 Å². The molecule has 1 aromatic carbocycles. The number of ether oxygens (including phenoxy) is 1. The second-order valence-electron chi connectivity index (χ2n) is 5.68. The molecular weight excluding hydrogens is 252 g/mol. The Morgan fingerprint density at radius 2 is 2.00 bits per heavy atom. The van der Waals surface area contributed by atoms with Crippen LogP contribution in [0.2, 0.25) is 0 Å². The number of nitrogens with two attached hydrogens (primary N) is 1. The fraction of sp³-hybridized carbons (Fsp3) is 0.562. The Balaban J connectivity index is 1.75. The van der Waals surface area contributed by atoms with Crippen LogP contribution in [0.15, 0.2) is 30.3 Å². The molecule has 1 amide bonds. The van der Waals surface area contributed by atoms with Crippen LogP contribution in [-0.2, 0) is 9.53 Å². The standard InChI is InChI=1S/C16H22N2O2/c17-15(12-6-2-1-3-7-12)16(19)18-10-11-20-14-9-5-4-8-13(14)18/h1-3,6-7,13-15H,4-5,8-11,17H2/t13?,14?,15-/m1/s1. The number of carbonyl (C=O) groups is 1. The van der Waals surface area contributed by atoms with Crippen molar-refractivity contribution in [2.45, 2.75) is 43.9 Å². The van der Waals surface area contributed by atoms with Gasteiger partial charge in [0.2, 0.25) is 5.91 Å². The number of nitrogens with zero attached hydrogens (tertiary/aromatic N) is 1. The molecule has 1 heterocycles. The number of amides is 1. The molecule has 0 radical (unpaired) electrons. The van der Waals surface area contributed by atoms with Crippen molar-refractivity contribution in [1.82, 2.24) is 4.90 Å². The molecule has 2 fully saturated rings. The summed E-state index contributed by atoms with van der Waals surface area (Å²) in [6, 6.07) is 9.28. The lowest BCUT2D eigenvalue weighted by molar-refractivity contribution is -0.151. The Labute approximate surface area is 119 Å². The predicted octanol–water partition coefficient (Wildman–Crippen LogP) is 1.86. The van der Waals surface area contributed by atoms with E-state index < -0.39 is 6.04 Å². The molecule has 108 valence electrons. The van der Waals surface area contributed by atoms with Crippen LogP contribution >= 0.6 is 0 Å². The van der Waals surface area contributed by atoms with E-state index in [0.717, 1.165) is 18.4 Å². The van der Waals surface area contributed by atoms with Crippen LogP contribution < -0.4 is 5.73 Å². The number of hydrogen-bond donors (Lipinski definition) is 1. The summed E-state index contributed by atoms with van der Waals surface area (Å²) in [5.74, 6) is 0.0383. The highest BCUT2D eigenvalue weighted by Crippen LogP contribution is 2.30. The van der Waals surface area contributed by atoms with Gasteiger partial charge in [0.15, 0.2) is 0 Å². The quantitative estimate of drug-likeness (QED) is 0.895. The fourth-order valence-corrected chi connectivity index (χ4v) is 3.35. The van der Waals surface area contributed by atoms with Gasteiger partial charge in [-0.2, -0.15) is 0 Å². The van der Waals surface area contributed by atoms with Gasteiger partial charge in [-0.05, 0) is 18.4 Å². The molecule has 1 saturated carbocycles. The van der Waals surface area contributed by atoms with Crippen molar-refractivity contribution in [3.05, 3.63) is 35.9 Å². The Morgan fingerprint density at radius 3 is 2.80 bits per heavy atom. The third-order valence-corrected chi connectivity index (χ3v) is 4.44. The zero-order chi connectivity index (χ0) is 13.9. The van der Waals surface area contributed by atoms with Crippen LogP contribution in [0.3, 0.4) is 0 Å². The van der Waals surface area contributed by atoms with Crippen LogP contribution in [0, 0.1) is 0 Å². The van der Waals surface area contributed by atoms with Crippen LogP contribution in [0.1, 0.15) is 37.3 Å². The van der Waals surface area contributed by atoms with E-state index in [9.17, 15) is 4.79 Å². The van der Waals surface area contributed by atoms with Gasteiger partial charge in [0.1, 0.15) is 6.04 Å². The summed E-state index contributed by atoms with van der Waals surface area (Å²) < 4.78 is 5.81. The third kappa shape index (κ3) is 2.58. The molecule has 3 rings (SSSR count). The number of hydrogen-bond acceptors (Lipinski definition) is 3. The van der Waals surface area contributed by atoms with E-state index >= 15 is 0 Å². The fourth-order valence-electron chi connectivity index (χ4n) is 3.35. The highest BCUT2D eigenvalue weighted by Gasteiger charge is 2.38. The zero-order valence-electron chi connectivity index (χ0n) is 11.7. The first kappa shape index (κ1) is 13.6. The number of fused-ring (bicyclic) bond motifs is 1. The van der Waals surface area contributed by atoms with Gasteiger partial charge in [-0.3, -0.25) is 4.79 Å². The molecular formula is C16H22N2O2. The molecule has 4 heteroatoms. The maximum Gasteiger partial charge on any atom is 0.244 e. The van der Waals surface area contributed by atoms with Crippen LogP contribution in [0.4, 0.5) is 0 Å². The molecule has 0 aromatic heterocycles. The minimum Gasteiger partial charge on any atom is -0.374 e. The first-order chi connectivity index (χ1) is 9.77. The molecule has 0 bridgehead atoms. The van der Waals surface area contributed by atoms with Crippen molar-refractivity contribution in [3.8, 4) is 0 Å². The van der Waals surface area contributed by atoms with Gasteiger partial charge in [0, 0.05) is 6.54 Å². The molecule has 3 atom stereocenters. The molecule has 0 spiro atoms. The summed E-state index contributed by atoms with van der Waals surface area (Å²) in [6.45, 7) is 1.30. The van der Waals surface area contributed by atoms with E-state index in [1.54, 1.807) is 0 Å².